The minimum Gasteiger partial charge on any atom is -0.207 e. The van der Waals surface area contributed by atoms with Gasteiger partial charge in [0.05, 0.1) is 0 Å². The van der Waals surface area contributed by atoms with Gasteiger partial charge in [-0.15, -0.1) is 0 Å². The van der Waals surface area contributed by atoms with Crippen LogP contribution >= 0.6 is 0 Å². The molecule has 0 radical (unpaired) electrons. The molecule has 0 aromatic heterocycles. The lowest BCUT2D eigenvalue weighted by atomic mass is 9.78. The maximum Gasteiger partial charge on any atom is 0.166 e. The smallest absolute Gasteiger partial charge is 0.166 e. The number of hydrogen-bond acceptors (Lipinski definition) is 0. The highest BCUT2D eigenvalue weighted by Crippen LogP contribution is 2.39. The predicted octanol–water partition coefficient (Wildman–Crippen LogP) is 9.02. The van der Waals surface area contributed by atoms with Gasteiger partial charge in [-0.1, -0.05) is 74.0 Å². The van der Waals surface area contributed by atoms with E-state index in [1.165, 1.54) is 5.56 Å². The Bertz CT molecular complexity index is 1120. The van der Waals surface area contributed by atoms with Crippen LogP contribution in [0.15, 0.2) is 60.7 Å². The van der Waals surface area contributed by atoms with Crippen molar-refractivity contribution in [2.24, 2.45) is 5.92 Å². The van der Waals surface area contributed by atoms with E-state index in [0.717, 1.165) is 44.1 Å². The molecule has 3 aromatic rings. The lowest BCUT2D eigenvalue weighted by Crippen LogP contribution is -2.13. The van der Waals surface area contributed by atoms with Crippen molar-refractivity contribution in [2.75, 3.05) is 0 Å². The molecule has 0 bridgehead atoms. The first-order chi connectivity index (χ1) is 16.0. The summed E-state index contributed by atoms with van der Waals surface area (Å²) < 4.78 is 43.8. The molecule has 0 saturated heterocycles. The van der Waals surface area contributed by atoms with Crippen LogP contribution in [0.4, 0.5) is 13.2 Å². The second kappa shape index (κ2) is 10.4. The standard InChI is InChI=1S/C30H31F3/c1-3-4-21-9-13-24(14-10-21)26-17-18-27(30(33)29(26)32)25-15-11-22(12-16-25)7-8-23-6-5-20(2)28(31)19-23/h5-10,13-14,17-19,22,25H,3-4,11-12,15-16H2,1-2H3. The monoisotopic (exact) mass is 448 g/mol. The van der Waals surface area contributed by atoms with Gasteiger partial charge in [0.2, 0.25) is 0 Å². The SMILES string of the molecule is CCCc1ccc(-c2ccc(C3CCC(C=Cc4ccc(C)c(F)c4)CC3)c(F)c2F)cc1. The number of benzene rings is 3. The Morgan fingerprint density at radius 2 is 1.58 bits per heavy atom. The number of aryl methyl sites for hydroxylation is 2. The zero-order chi connectivity index (χ0) is 23.4. The summed E-state index contributed by atoms with van der Waals surface area (Å²) in [7, 11) is 0. The molecule has 0 amide bonds. The summed E-state index contributed by atoms with van der Waals surface area (Å²) >= 11 is 0. The first-order valence-corrected chi connectivity index (χ1v) is 12.0. The minimum absolute atomic E-state index is 0.0296. The number of hydrogen-bond donors (Lipinski definition) is 0. The highest BCUT2D eigenvalue weighted by molar-refractivity contribution is 5.65. The van der Waals surface area contributed by atoms with E-state index < -0.39 is 11.6 Å². The summed E-state index contributed by atoms with van der Waals surface area (Å²) in [6.45, 7) is 3.87. The van der Waals surface area contributed by atoms with Gasteiger partial charge in [-0.2, -0.15) is 0 Å². The topological polar surface area (TPSA) is 0 Å². The van der Waals surface area contributed by atoms with E-state index in [9.17, 15) is 8.78 Å². The summed E-state index contributed by atoms with van der Waals surface area (Å²) in [5.74, 6) is -1.25. The van der Waals surface area contributed by atoms with Gasteiger partial charge in [0.1, 0.15) is 5.82 Å². The van der Waals surface area contributed by atoms with Crippen molar-refractivity contribution in [1.29, 1.82) is 0 Å². The van der Waals surface area contributed by atoms with E-state index in [4.69, 9.17) is 0 Å². The third-order valence-corrected chi connectivity index (χ3v) is 6.88. The number of rotatable bonds is 6. The van der Waals surface area contributed by atoms with Crippen LogP contribution in [0.25, 0.3) is 17.2 Å². The van der Waals surface area contributed by atoms with Gasteiger partial charge in [-0.3, -0.25) is 0 Å². The zero-order valence-electron chi connectivity index (χ0n) is 19.4. The lowest BCUT2D eigenvalue weighted by molar-refractivity contribution is 0.365. The Labute approximate surface area is 195 Å². The Morgan fingerprint density at radius 3 is 2.24 bits per heavy atom. The van der Waals surface area contributed by atoms with Crippen LogP contribution in [-0.4, -0.2) is 0 Å². The molecule has 0 aliphatic heterocycles. The molecule has 172 valence electrons. The molecule has 0 atom stereocenters. The first kappa shape index (κ1) is 23.4. The van der Waals surface area contributed by atoms with Crippen LogP contribution in [-0.2, 0) is 6.42 Å². The van der Waals surface area contributed by atoms with Crippen molar-refractivity contribution < 1.29 is 13.2 Å². The van der Waals surface area contributed by atoms with Gasteiger partial charge in [0.15, 0.2) is 11.6 Å². The fraction of sp³-hybridized carbons (Fsp3) is 0.333. The Morgan fingerprint density at radius 1 is 0.848 bits per heavy atom. The predicted molar refractivity (Wildman–Crippen MR) is 131 cm³/mol. The van der Waals surface area contributed by atoms with Crippen molar-refractivity contribution in [3.63, 3.8) is 0 Å². The van der Waals surface area contributed by atoms with Gasteiger partial charge in [0, 0.05) is 5.56 Å². The Hall–Kier alpha value is -2.81. The normalized spacial score (nSPS) is 18.7. The molecule has 1 fully saturated rings. The molecule has 4 rings (SSSR count). The minimum atomic E-state index is -0.751. The van der Waals surface area contributed by atoms with Crippen molar-refractivity contribution in [2.45, 2.75) is 58.3 Å². The first-order valence-electron chi connectivity index (χ1n) is 12.0. The van der Waals surface area contributed by atoms with Crippen molar-refractivity contribution >= 4 is 6.08 Å². The molecular weight excluding hydrogens is 417 g/mol. The molecule has 0 N–H and O–H groups in total. The second-order valence-corrected chi connectivity index (χ2v) is 9.26. The molecule has 0 spiro atoms. The molecule has 1 aliphatic rings. The molecule has 3 heteroatoms. The molecular formula is C30H31F3. The number of allylic oxidation sites excluding steroid dienone is 1. The van der Waals surface area contributed by atoms with Gasteiger partial charge in [-0.25, -0.2) is 13.2 Å². The van der Waals surface area contributed by atoms with Gasteiger partial charge < -0.3 is 0 Å². The number of halogens is 3. The molecule has 1 saturated carbocycles. The highest BCUT2D eigenvalue weighted by atomic mass is 19.2. The van der Waals surface area contributed by atoms with Crippen molar-refractivity contribution in [1.82, 2.24) is 0 Å². The fourth-order valence-electron chi connectivity index (χ4n) is 4.82. The van der Waals surface area contributed by atoms with Crippen LogP contribution < -0.4 is 0 Å². The molecule has 0 unspecified atom stereocenters. The summed E-state index contributed by atoms with van der Waals surface area (Å²) in [5.41, 5.74) is 4.22. The quantitative estimate of drug-likeness (QED) is 0.353. The highest BCUT2D eigenvalue weighted by Gasteiger charge is 2.25. The van der Waals surface area contributed by atoms with Gasteiger partial charge in [-0.05, 0) is 84.7 Å². The third-order valence-electron chi connectivity index (χ3n) is 6.88. The van der Waals surface area contributed by atoms with Gasteiger partial charge >= 0.3 is 0 Å². The largest absolute Gasteiger partial charge is 0.207 e. The average Bonchev–Trinajstić information content (AvgIpc) is 2.83. The molecule has 1 aliphatic carbocycles. The van der Waals surface area contributed by atoms with E-state index in [1.54, 1.807) is 31.2 Å². The average molecular weight is 449 g/mol. The van der Waals surface area contributed by atoms with Crippen LogP contribution in [0.2, 0.25) is 0 Å². The van der Waals surface area contributed by atoms with E-state index in [0.29, 0.717) is 28.2 Å². The summed E-state index contributed by atoms with van der Waals surface area (Å²) in [4.78, 5) is 0. The van der Waals surface area contributed by atoms with Crippen molar-refractivity contribution in [3.05, 3.63) is 100 Å². The third kappa shape index (κ3) is 5.40. The van der Waals surface area contributed by atoms with E-state index in [-0.39, 0.29) is 11.7 Å². The van der Waals surface area contributed by atoms with Crippen LogP contribution in [0.1, 0.15) is 67.2 Å². The van der Waals surface area contributed by atoms with Crippen molar-refractivity contribution in [3.8, 4) is 11.1 Å². The second-order valence-electron chi connectivity index (χ2n) is 9.26. The Kier molecular flexibility index (Phi) is 7.37. The Balaban J connectivity index is 1.42. The zero-order valence-corrected chi connectivity index (χ0v) is 19.4. The summed E-state index contributed by atoms with van der Waals surface area (Å²) in [6.07, 6.45) is 9.60. The maximum absolute atomic E-state index is 15.0. The molecule has 33 heavy (non-hydrogen) atoms. The van der Waals surface area contributed by atoms with E-state index in [1.807, 2.05) is 36.4 Å². The molecule has 0 nitrogen and oxygen atoms in total. The molecule has 0 heterocycles. The van der Waals surface area contributed by atoms with Crippen LogP contribution in [0.3, 0.4) is 0 Å². The maximum atomic E-state index is 15.0. The van der Waals surface area contributed by atoms with Crippen LogP contribution in [0.5, 0.6) is 0 Å². The van der Waals surface area contributed by atoms with Crippen LogP contribution in [0, 0.1) is 30.3 Å². The van der Waals surface area contributed by atoms with E-state index >= 15 is 4.39 Å². The summed E-state index contributed by atoms with van der Waals surface area (Å²) in [6, 6.07) is 16.5. The summed E-state index contributed by atoms with van der Waals surface area (Å²) in [5, 5.41) is 0. The fourth-order valence-corrected chi connectivity index (χ4v) is 4.82. The molecule has 3 aromatic carbocycles. The lowest BCUT2D eigenvalue weighted by Gasteiger charge is -2.27. The van der Waals surface area contributed by atoms with E-state index in [2.05, 4.69) is 13.0 Å². The van der Waals surface area contributed by atoms with Gasteiger partial charge in [0.25, 0.3) is 0 Å².